The molecule has 0 bridgehead atoms. The van der Waals surface area contributed by atoms with Gasteiger partial charge >= 0.3 is 6.61 Å². The SMILES string of the molecule is CC(C)CC(=O)Nc1ccc(NC(=O)c2ccc(OC(F)F)cc2)cc1. The highest BCUT2D eigenvalue weighted by Gasteiger charge is 2.09. The summed E-state index contributed by atoms with van der Waals surface area (Å²) < 4.78 is 28.5. The number of hydrogen-bond acceptors (Lipinski definition) is 3. The van der Waals surface area contributed by atoms with E-state index in [1.165, 1.54) is 24.3 Å². The molecule has 0 saturated carbocycles. The summed E-state index contributed by atoms with van der Waals surface area (Å²) >= 11 is 0. The Morgan fingerprint density at radius 1 is 0.923 bits per heavy atom. The van der Waals surface area contributed by atoms with Crippen LogP contribution < -0.4 is 15.4 Å². The molecule has 2 N–H and O–H groups in total. The first kappa shape index (κ1) is 19.4. The van der Waals surface area contributed by atoms with E-state index in [1.807, 2.05) is 13.8 Å². The highest BCUT2D eigenvalue weighted by Crippen LogP contribution is 2.18. The Morgan fingerprint density at radius 2 is 1.46 bits per heavy atom. The van der Waals surface area contributed by atoms with Crippen LogP contribution >= 0.6 is 0 Å². The maximum atomic E-state index is 12.2. The molecule has 0 fully saturated rings. The third kappa shape index (κ3) is 6.16. The number of benzene rings is 2. The number of anilines is 2. The van der Waals surface area contributed by atoms with Crippen LogP contribution in [0.25, 0.3) is 0 Å². The van der Waals surface area contributed by atoms with Gasteiger partial charge in [-0.15, -0.1) is 0 Å². The molecule has 2 aromatic rings. The highest BCUT2D eigenvalue weighted by atomic mass is 19.3. The lowest BCUT2D eigenvalue weighted by Gasteiger charge is -2.09. The van der Waals surface area contributed by atoms with Crippen LogP contribution in [0.3, 0.4) is 0 Å². The Bertz CT molecular complexity index is 744. The second-order valence-corrected chi connectivity index (χ2v) is 6.08. The van der Waals surface area contributed by atoms with E-state index in [-0.39, 0.29) is 23.5 Å². The zero-order valence-electron chi connectivity index (χ0n) is 14.5. The molecule has 5 nitrogen and oxygen atoms in total. The summed E-state index contributed by atoms with van der Waals surface area (Å²) in [6.07, 6.45) is 0.434. The lowest BCUT2D eigenvalue weighted by Crippen LogP contribution is -2.14. The van der Waals surface area contributed by atoms with E-state index >= 15 is 0 Å². The standard InChI is InChI=1S/C19H20F2N2O3/c1-12(2)11-17(24)22-14-5-7-15(8-6-14)23-18(25)13-3-9-16(10-4-13)26-19(20)21/h3-10,12,19H,11H2,1-2H3,(H,22,24)(H,23,25). The molecule has 0 aliphatic heterocycles. The van der Waals surface area contributed by atoms with Crippen molar-refractivity contribution in [1.29, 1.82) is 0 Å². The van der Waals surface area contributed by atoms with E-state index in [4.69, 9.17) is 0 Å². The van der Waals surface area contributed by atoms with Crippen LogP contribution in [0, 0.1) is 5.92 Å². The second-order valence-electron chi connectivity index (χ2n) is 6.08. The molecule has 0 saturated heterocycles. The Balaban J connectivity index is 1.93. The summed E-state index contributed by atoms with van der Waals surface area (Å²) in [5, 5.41) is 5.47. The number of halogens is 2. The van der Waals surface area contributed by atoms with Gasteiger partial charge in [-0.2, -0.15) is 8.78 Å². The van der Waals surface area contributed by atoms with E-state index in [9.17, 15) is 18.4 Å². The molecule has 0 spiro atoms. The number of nitrogens with one attached hydrogen (secondary N) is 2. The van der Waals surface area contributed by atoms with Crippen molar-refractivity contribution in [2.24, 2.45) is 5.92 Å². The van der Waals surface area contributed by atoms with Crippen molar-refractivity contribution in [3.05, 3.63) is 54.1 Å². The molecule has 26 heavy (non-hydrogen) atoms. The molecule has 2 aromatic carbocycles. The number of hydrogen-bond donors (Lipinski definition) is 2. The Hall–Kier alpha value is -2.96. The van der Waals surface area contributed by atoms with Gasteiger partial charge in [-0.25, -0.2) is 0 Å². The van der Waals surface area contributed by atoms with Gasteiger partial charge in [0.1, 0.15) is 5.75 Å². The molecule has 2 rings (SSSR count). The van der Waals surface area contributed by atoms with Crippen molar-refractivity contribution in [2.75, 3.05) is 10.6 Å². The summed E-state index contributed by atoms with van der Waals surface area (Å²) in [5.74, 6) is -0.197. The highest BCUT2D eigenvalue weighted by molar-refractivity contribution is 6.04. The Kier molecular flexibility index (Phi) is 6.66. The molecule has 2 amide bonds. The number of rotatable bonds is 7. The molecule has 0 atom stereocenters. The number of carbonyl (C=O) groups is 2. The normalized spacial score (nSPS) is 10.7. The summed E-state index contributed by atoms with van der Waals surface area (Å²) in [6, 6.07) is 12.1. The van der Waals surface area contributed by atoms with Gasteiger partial charge in [0.2, 0.25) is 5.91 Å². The van der Waals surface area contributed by atoms with Crippen molar-refractivity contribution in [3.63, 3.8) is 0 Å². The maximum absolute atomic E-state index is 12.2. The first-order valence-electron chi connectivity index (χ1n) is 8.09. The lowest BCUT2D eigenvalue weighted by atomic mass is 10.1. The van der Waals surface area contributed by atoms with Crippen LogP contribution in [0.5, 0.6) is 5.75 Å². The molecular formula is C19H20F2N2O3. The van der Waals surface area contributed by atoms with Gasteiger partial charge < -0.3 is 15.4 Å². The molecule has 0 heterocycles. The van der Waals surface area contributed by atoms with E-state index in [0.29, 0.717) is 23.4 Å². The van der Waals surface area contributed by atoms with E-state index < -0.39 is 6.61 Å². The van der Waals surface area contributed by atoms with Crippen LogP contribution in [0.15, 0.2) is 48.5 Å². The average molecular weight is 362 g/mol. The quantitative estimate of drug-likeness (QED) is 0.761. The minimum absolute atomic E-state index is 0.0157. The van der Waals surface area contributed by atoms with Crippen LogP contribution in [0.1, 0.15) is 30.6 Å². The topological polar surface area (TPSA) is 67.4 Å². The van der Waals surface area contributed by atoms with E-state index in [0.717, 1.165) is 0 Å². The second kappa shape index (κ2) is 8.94. The van der Waals surface area contributed by atoms with Gasteiger partial charge in [-0.3, -0.25) is 9.59 Å². The first-order valence-corrected chi connectivity index (χ1v) is 8.09. The third-order valence-electron chi connectivity index (χ3n) is 3.36. The number of alkyl halides is 2. The molecule has 0 aromatic heterocycles. The van der Waals surface area contributed by atoms with Crippen molar-refractivity contribution in [1.82, 2.24) is 0 Å². The predicted molar refractivity (Wildman–Crippen MR) is 95.6 cm³/mol. The number of ether oxygens (including phenoxy) is 1. The van der Waals surface area contributed by atoms with E-state index in [1.54, 1.807) is 24.3 Å². The molecule has 0 aliphatic carbocycles. The molecule has 0 aliphatic rings. The van der Waals surface area contributed by atoms with Crippen molar-refractivity contribution >= 4 is 23.2 Å². The lowest BCUT2D eigenvalue weighted by molar-refractivity contribution is -0.116. The minimum atomic E-state index is -2.91. The Labute approximate surface area is 150 Å². The van der Waals surface area contributed by atoms with Gasteiger partial charge in [0, 0.05) is 23.4 Å². The van der Waals surface area contributed by atoms with Gasteiger partial charge in [0.05, 0.1) is 0 Å². The fraction of sp³-hybridized carbons (Fsp3) is 0.263. The maximum Gasteiger partial charge on any atom is 0.387 e. The van der Waals surface area contributed by atoms with Gasteiger partial charge in [0.15, 0.2) is 0 Å². The average Bonchev–Trinajstić information content (AvgIpc) is 2.56. The smallest absolute Gasteiger partial charge is 0.387 e. The van der Waals surface area contributed by atoms with Gasteiger partial charge in [0.25, 0.3) is 5.91 Å². The summed E-state index contributed by atoms with van der Waals surface area (Å²) in [4.78, 5) is 23.9. The number of amides is 2. The molecular weight excluding hydrogens is 342 g/mol. The van der Waals surface area contributed by atoms with Crippen LogP contribution in [-0.2, 0) is 4.79 Å². The zero-order valence-corrected chi connectivity index (χ0v) is 14.5. The molecule has 0 unspecified atom stereocenters. The molecule has 0 radical (unpaired) electrons. The predicted octanol–water partition coefficient (Wildman–Crippen LogP) is 4.52. The zero-order chi connectivity index (χ0) is 19.1. The summed E-state index contributed by atoms with van der Waals surface area (Å²) in [6.45, 7) is 1.02. The van der Waals surface area contributed by atoms with Crippen LogP contribution in [0.2, 0.25) is 0 Å². The monoisotopic (exact) mass is 362 g/mol. The summed E-state index contributed by atoms with van der Waals surface area (Å²) in [5.41, 5.74) is 1.49. The van der Waals surface area contributed by atoms with Crippen molar-refractivity contribution < 1.29 is 23.1 Å². The minimum Gasteiger partial charge on any atom is -0.435 e. The largest absolute Gasteiger partial charge is 0.435 e. The van der Waals surface area contributed by atoms with Crippen molar-refractivity contribution in [3.8, 4) is 5.75 Å². The van der Waals surface area contributed by atoms with Gasteiger partial charge in [-0.05, 0) is 54.4 Å². The Morgan fingerprint density at radius 3 is 1.96 bits per heavy atom. The fourth-order valence-corrected chi connectivity index (χ4v) is 2.21. The molecule has 138 valence electrons. The van der Waals surface area contributed by atoms with Gasteiger partial charge in [-0.1, -0.05) is 13.8 Å². The summed E-state index contributed by atoms with van der Waals surface area (Å²) in [7, 11) is 0. The molecule has 7 heteroatoms. The fourth-order valence-electron chi connectivity index (χ4n) is 2.21. The first-order chi connectivity index (χ1) is 12.3. The van der Waals surface area contributed by atoms with Crippen molar-refractivity contribution in [2.45, 2.75) is 26.9 Å². The van der Waals surface area contributed by atoms with E-state index in [2.05, 4.69) is 15.4 Å². The van der Waals surface area contributed by atoms with Crippen LogP contribution in [-0.4, -0.2) is 18.4 Å². The number of carbonyl (C=O) groups excluding carboxylic acids is 2. The van der Waals surface area contributed by atoms with Crippen LogP contribution in [0.4, 0.5) is 20.2 Å². The third-order valence-corrected chi connectivity index (χ3v) is 3.36.